The van der Waals surface area contributed by atoms with Gasteiger partial charge in [0, 0.05) is 24.0 Å². The second-order valence-corrected chi connectivity index (χ2v) is 19.6. The Morgan fingerprint density at radius 1 is 0.455 bits per heavy atom. The summed E-state index contributed by atoms with van der Waals surface area (Å²) < 4.78 is 29.1. The average molecular weight is 906 g/mol. The fourth-order valence-electron chi connectivity index (χ4n) is 8.36. The molecule has 0 unspecified atom stereocenters. The summed E-state index contributed by atoms with van der Waals surface area (Å²) in [5, 5.41) is 0. The first-order chi connectivity index (χ1) is 32.0. The van der Waals surface area contributed by atoms with Crippen molar-refractivity contribution in [1.82, 2.24) is 0 Å². The summed E-state index contributed by atoms with van der Waals surface area (Å²) in [6, 6.07) is 47.8. The molecule has 66 heavy (non-hydrogen) atoms. The number of allylic oxidation sites excluding steroid dienone is 8. The molecule has 0 bridgehead atoms. The van der Waals surface area contributed by atoms with Crippen LogP contribution >= 0.6 is 0 Å². The van der Waals surface area contributed by atoms with Crippen molar-refractivity contribution in [3.8, 4) is 0 Å². The van der Waals surface area contributed by atoms with Crippen LogP contribution < -0.4 is 17.2 Å². The molecule has 0 aliphatic heterocycles. The van der Waals surface area contributed by atoms with Crippen LogP contribution in [0.3, 0.4) is 0 Å². The quantitative estimate of drug-likeness (QED) is 0.0406. The summed E-state index contributed by atoms with van der Waals surface area (Å²) in [6.07, 6.45) is 24.2. The molecule has 2 aliphatic rings. The minimum atomic E-state index is -3.61. The van der Waals surface area contributed by atoms with E-state index >= 15 is 0 Å². The van der Waals surface area contributed by atoms with Crippen molar-refractivity contribution in [3.05, 3.63) is 220 Å². The molecule has 0 spiro atoms. The van der Waals surface area contributed by atoms with E-state index in [0.717, 1.165) is 61.6 Å². The molecule has 0 fully saturated rings. The summed E-state index contributed by atoms with van der Waals surface area (Å²) in [7, 11) is -3.61. The number of benzene rings is 5. The molecule has 0 saturated heterocycles. The molecule has 6 nitrogen and oxygen atoms in total. The standard InChI is InChI=1S/C27H35N.C18H24O3S.C14H16N2/c1-22-18-20-23(21-19-22)12-6-2-3-11-17-26(24-13-7-4-8-14-24)27(28)25-15-9-5-10-16-25;1-15-6-10-17(11-7-15)5-3-4-14-21-22(19,20)18-12-8-16(2)9-13-18;15-13(11-7-3-1-4-8-11)14(16)12-9-5-2-6-10-12/h4-5,7-10,13-16,18,21,26-27H,2-3,6,11-12,17,19-20,28H2,1H3;6,8-9,11-13H,3-5,7,10,14H2,1-2H3;1-10,13-14H,15-16H2/t26-,27-;;13-,14-/m1.1/s1. The van der Waals surface area contributed by atoms with E-state index in [0.29, 0.717) is 5.92 Å². The smallest absolute Gasteiger partial charge is 0.296 e. The zero-order chi connectivity index (χ0) is 47.0. The molecule has 7 heteroatoms. The Labute approximate surface area is 397 Å². The van der Waals surface area contributed by atoms with E-state index < -0.39 is 10.1 Å². The molecular formula is C59H75N3O3S. The lowest BCUT2D eigenvalue weighted by Gasteiger charge is -2.25. The molecule has 0 saturated carbocycles. The fourth-order valence-corrected chi connectivity index (χ4v) is 9.30. The van der Waals surface area contributed by atoms with E-state index in [1.54, 1.807) is 29.8 Å². The van der Waals surface area contributed by atoms with Crippen molar-refractivity contribution in [2.24, 2.45) is 17.2 Å². The maximum Gasteiger partial charge on any atom is 0.296 e. The number of rotatable bonds is 20. The highest BCUT2D eigenvalue weighted by Gasteiger charge is 2.21. The lowest BCUT2D eigenvalue weighted by molar-refractivity contribution is 0.308. The third kappa shape index (κ3) is 17.9. The van der Waals surface area contributed by atoms with Crippen LogP contribution in [0.2, 0.25) is 0 Å². The third-order valence-electron chi connectivity index (χ3n) is 12.7. The maximum atomic E-state index is 12.0. The van der Waals surface area contributed by atoms with Crippen LogP contribution in [0.5, 0.6) is 0 Å². The van der Waals surface area contributed by atoms with Crippen molar-refractivity contribution in [3.63, 3.8) is 0 Å². The first-order valence-electron chi connectivity index (χ1n) is 24.1. The highest BCUT2D eigenvalue weighted by atomic mass is 32.2. The summed E-state index contributed by atoms with van der Waals surface area (Å²) >= 11 is 0. The number of unbranched alkanes of at least 4 members (excludes halogenated alkanes) is 4. The molecular weight excluding hydrogens is 831 g/mol. The summed E-state index contributed by atoms with van der Waals surface area (Å²) in [5.74, 6) is 0.387. The molecule has 4 atom stereocenters. The molecule has 0 amide bonds. The van der Waals surface area contributed by atoms with Gasteiger partial charge in [0.25, 0.3) is 10.1 Å². The molecule has 350 valence electrons. The van der Waals surface area contributed by atoms with Crippen LogP contribution in [0.1, 0.15) is 149 Å². The van der Waals surface area contributed by atoms with E-state index in [1.165, 1.54) is 66.4 Å². The average Bonchev–Trinajstić information content (AvgIpc) is 3.36. The van der Waals surface area contributed by atoms with Gasteiger partial charge in [0.15, 0.2) is 0 Å². The molecule has 0 aromatic heterocycles. The molecule has 2 aliphatic carbocycles. The van der Waals surface area contributed by atoms with E-state index in [2.05, 4.69) is 98.8 Å². The number of nitrogens with two attached hydrogens (primary N) is 3. The van der Waals surface area contributed by atoms with Crippen LogP contribution in [0.4, 0.5) is 0 Å². The molecule has 5 aromatic rings. The van der Waals surface area contributed by atoms with Gasteiger partial charge in [-0.2, -0.15) is 8.42 Å². The van der Waals surface area contributed by atoms with Crippen LogP contribution in [0.25, 0.3) is 0 Å². The Kier molecular flexibility index (Phi) is 22.1. The number of hydrogen-bond acceptors (Lipinski definition) is 6. The van der Waals surface area contributed by atoms with Gasteiger partial charge >= 0.3 is 0 Å². The van der Waals surface area contributed by atoms with Crippen molar-refractivity contribution in [2.75, 3.05) is 6.61 Å². The number of hydrogen-bond donors (Lipinski definition) is 3. The van der Waals surface area contributed by atoms with Gasteiger partial charge in [0.2, 0.25) is 0 Å². The second kappa shape index (κ2) is 28.1. The Balaban J connectivity index is 0.000000193. The van der Waals surface area contributed by atoms with E-state index in [9.17, 15) is 8.42 Å². The van der Waals surface area contributed by atoms with Gasteiger partial charge in [-0.25, -0.2) is 0 Å². The molecule has 7 rings (SSSR count). The summed E-state index contributed by atoms with van der Waals surface area (Å²) in [5.41, 5.74) is 30.8. The van der Waals surface area contributed by atoms with Gasteiger partial charge in [0.1, 0.15) is 0 Å². The van der Waals surface area contributed by atoms with Crippen LogP contribution in [-0.2, 0) is 14.3 Å². The highest BCUT2D eigenvalue weighted by Crippen LogP contribution is 2.34. The number of aryl methyl sites for hydroxylation is 1. The Hall–Kier alpha value is -5.15. The Morgan fingerprint density at radius 3 is 1.30 bits per heavy atom. The van der Waals surface area contributed by atoms with Crippen LogP contribution in [0, 0.1) is 6.92 Å². The van der Waals surface area contributed by atoms with E-state index in [-0.39, 0.29) is 29.6 Å². The minimum Gasteiger partial charge on any atom is -0.323 e. The summed E-state index contributed by atoms with van der Waals surface area (Å²) in [4.78, 5) is 0.230. The maximum absolute atomic E-state index is 12.0. The molecule has 0 radical (unpaired) electrons. The zero-order valence-electron chi connectivity index (χ0n) is 39.7. The summed E-state index contributed by atoms with van der Waals surface area (Å²) in [6.45, 7) is 6.56. The van der Waals surface area contributed by atoms with Gasteiger partial charge in [-0.1, -0.05) is 205 Å². The minimum absolute atomic E-state index is 0.0611. The second-order valence-electron chi connectivity index (χ2n) is 18.0. The van der Waals surface area contributed by atoms with Crippen molar-refractivity contribution in [2.45, 2.75) is 133 Å². The SMILES string of the molecule is CC1=CCC(CCCCCC[C@H](c2ccccc2)[C@H](N)c2ccccc2)=CC1.CC1=CCC(CCCCOS(=O)(=O)c2ccc(C)cc2)=CC1.N[C@H](c1ccccc1)[C@H](N)c1ccccc1. The zero-order valence-corrected chi connectivity index (χ0v) is 40.6. The van der Waals surface area contributed by atoms with Crippen LogP contribution in [-0.4, -0.2) is 15.0 Å². The van der Waals surface area contributed by atoms with Gasteiger partial charge in [-0.15, -0.1) is 0 Å². The predicted octanol–water partition coefficient (Wildman–Crippen LogP) is 14.4. The first-order valence-corrected chi connectivity index (χ1v) is 25.5. The van der Waals surface area contributed by atoms with Gasteiger partial charge < -0.3 is 17.2 Å². The highest BCUT2D eigenvalue weighted by molar-refractivity contribution is 7.86. The molecule has 6 N–H and O–H groups in total. The topological polar surface area (TPSA) is 121 Å². The van der Waals surface area contributed by atoms with Gasteiger partial charge in [-0.3, -0.25) is 4.18 Å². The lowest BCUT2D eigenvalue weighted by atomic mass is 9.83. The van der Waals surface area contributed by atoms with Gasteiger partial charge in [-0.05, 0) is 119 Å². The van der Waals surface area contributed by atoms with Crippen molar-refractivity contribution >= 4 is 10.1 Å². The Morgan fingerprint density at radius 2 is 0.864 bits per heavy atom. The van der Waals surface area contributed by atoms with E-state index in [4.69, 9.17) is 21.4 Å². The monoisotopic (exact) mass is 906 g/mol. The normalized spacial score (nSPS) is 15.5. The van der Waals surface area contributed by atoms with Crippen molar-refractivity contribution in [1.29, 1.82) is 0 Å². The van der Waals surface area contributed by atoms with Gasteiger partial charge in [0.05, 0.1) is 11.5 Å². The fraction of sp³-hybridized carbons (Fsp3) is 0.356. The lowest BCUT2D eigenvalue weighted by Crippen LogP contribution is -2.26. The largest absolute Gasteiger partial charge is 0.323 e. The van der Waals surface area contributed by atoms with Crippen molar-refractivity contribution < 1.29 is 12.6 Å². The first kappa shape index (κ1) is 51.8. The van der Waals surface area contributed by atoms with E-state index in [1.807, 2.05) is 67.6 Å². The molecule has 0 heterocycles. The predicted molar refractivity (Wildman–Crippen MR) is 277 cm³/mol. The Bertz CT molecular complexity index is 2330. The third-order valence-corrected chi connectivity index (χ3v) is 14.0. The molecule has 5 aromatic carbocycles. The van der Waals surface area contributed by atoms with Crippen LogP contribution in [0.15, 0.2) is 197 Å².